The maximum Gasteiger partial charge on any atom is 0.316 e. The maximum absolute atomic E-state index is 9.33. The van der Waals surface area contributed by atoms with Crippen LogP contribution in [0.15, 0.2) is 0 Å². The summed E-state index contributed by atoms with van der Waals surface area (Å²) in [5.74, 6) is 0. The van der Waals surface area contributed by atoms with Crippen molar-refractivity contribution in [1.29, 1.82) is 0 Å². The smallest absolute Gasteiger partial charge is 0.316 e. The Balaban J connectivity index is 0.000000187. The van der Waals surface area contributed by atoms with Crippen molar-refractivity contribution in [3.8, 4) is 0 Å². The van der Waals surface area contributed by atoms with Gasteiger partial charge in [0.05, 0.1) is 0 Å². The Morgan fingerprint density at radius 3 is 2.00 bits per heavy atom. The number of hydrogen-bond donors (Lipinski definition) is 2. The highest BCUT2D eigenvalue weighted by Gasteiger charge is 2.07. The van der Waals surface area contributed by atoms with Crippen molar-refractivity contribution in [3.63, 3.8) is 0 Å². The van der Waals surface area contributed by atoms with Crippen LogP contribution in [0.4, 0.5) is 0 Å². The number of nitrogens with two attached hydrogens (primary N) is 1. The second-order valence-electron chi connectivity index (χ2n) is 2.51. The van der Waals surface area contributed by atoms with Crippen LogP contribution in [-0.4, -0.2) is 18.0 Å². The first-order valence-electron chi connectivity index (χ1n) is 3.69. The van der Waals surface area contributed by atoms with E-state index in [4.69, 9.17) is 10.6 Å². The fraction of sp³-hybridized carbons (Fsp3) is 1.00. The lowest BCUT2D eigenvalue weighted by Gasteiger charge is -1.92. The fourth-order valence-corrected chi connectivity index (χ4v) is 0.957. The van der Waals surface area contributed by atoms with Crippen LogP contribution in [0, 0.1) is 0 Å². The molecule has 11 heavy (non-hydrogen) atoms. The molecule has 0 amide bonds. The minimum absolute atomic E-state index is 0.546. The maximum atomic E-state index is 9.33. The molecular formula is C6H16NO3P. The van der Waals surface area contributed by atoms with Gasteiger partial charge in [-0.25, -0.2) is 0 Å². The lowest BCUT2D eigenvalue weighted by atomic mass is 10.3. The molecule has 1 fully saturated rings. The van der Waals surface area contributed by atoms with E-state index in [1.807, 2.05) is 0 Å². The molecule has 3 N–H and O–H groups in total. The van der Waals surface area contributed by atoms with Gasteiger partial charge in [-0.2, -0.15) is 0 Å². The van der Waals surface area contributed by atoms with Gasteiger partial charge in [0.15, 0.2) is 0 Å². The first-order valence-corrected chi connectivity index (χ1v) is 4.95. The zero-order valence-corrected chi connectivity index (χ0v) is 7.75. The molecular weight excluding hydrogens is 165 g/mol. The van der Waals surface area contributed by atoms with Crippen LogP contribution in [0.2, 0.25) is 0 Å². The van der Waals surface area contributed by atoms with Gasteiger partial charge in [-0.05, 0) is 12.8 Å². The van der Waals surface area contributed by atoms with Crippen molar-refractivity contribution in [3.05, 3.63) is 0 Å². The van der Waals surface area contributed by atoms with E-state index in [9.17, 15) is 4.57 Å². The Bertz CT molecular complexity index is 114. The molecule has 1 aliphatic rings. The Morgan fingerprint density at radius 2 is 1.91 bits per heavy atom. The summed E-state index contributed by atoms with van der Waals surface area (Å²) in [5.41, 5.74) is 5.53. The van der Waals surface area contributed by atoms with Crippen LogP contribution >= 0.6 is 8.25 Å². The molecule has 1 unspecified atom stereocenters. The third-order valence-corrected chi connectivity index (χ3v) is 1.92. The molecule has 68 valence electrons. The summed E-state index contributed by atoms with van der Waals surface area (Å²) in [5, 5.41) is 0. The van der Waals surface area contributed by atoms with Crippen LogP contribution in [-0.2, 0) is 9.09 Å². The van der Waals surface area contributed by atoms with Crippen molar-refractivity contribution >= 4 is 8.25 Å². The molecule has 1 rings (SSSR count). The van der Waals surface area contributed by atoms with Crippen LogP contribution in [0.5, 0.6) is 0 Å². The SMILES string of the molecule is CO[PH](=O)O.NC1CCCC1. The molecule has 0 aromatic carbocycles. The molecule has 0 heterocycles. The molecule has 0 spiro atoms. The summed E-state index contributed by atoms with van der Waals surface area (Å²) in [6.45, 7) is 0. The zero-order chi connectivity index (χ0) is 8.69. The van der Waals surface area contributed by atoms with Crippen molar-refractivity contribution < 1.29 is 14.0 Å². The molecule has 0 bridgehead atoms. The van der Waals surface area contributed by atoms with E-state index in [0.717, 1.165) is 0 Å². The van der Waals surface area contributed by atoms with Crippen LogP contribution in [0.3, 0.4) is 0 Å². The van der Waals surface area contributed by atoms with Gasteiger partial charge >= 0.3 is 8.25 Å². The molecule has 1 saturated carbocycles. The molecule has 0 saturated heterocycles. The van der Waals surface area contributed by atoms with Gasteiger partial charge in [0.25, 0.3) is 0 Å². The third-order valence-electron chi connectivity index (χ3n) is 1.57. The monoisotopic (exact) mass is 181 g/mol. The second-order valence-corrected chi connectivity index (χ2v) is 3.45. The van der Waals surface area contributed by atoms with Crippen molar-refractivity contribution in [2.24, 2.45) is 5.73 Å². The predicted molar refractivity (Wildman–Crippen MR) is 44.7 cm³/mol. The topological polar surface area (TPSA) is 72.5 Å². The van der Waals surface area contributed by atoms with Crippen LogP contribution < -0.4 is 5.73 Å². The first kappa shape index (κ1) is 11.1. The Morgan fingerprint density at radius 1 is 1.55 bits per heavy atom. The first-order chi connectivity index (χ1) is 5.16. The summed E-state index contributed by atoms with van der Waals surface area (Å²) in [6, 6.07) is 0.546. The second kappa shape index (κ2) is 6.80. The van der Waals surface area contributed by atoms with E-state index in [0.29, 0.717) is 6.04 Å². The van der Waals surface area contributed by atoms with E-state index in [1.165, 1.54) is 32.8 Å². The zero-order valence-electron chi connectivity index (χ0n) is 6.75. The summed E-state index contributed by atoms with van der Waals surface area (Å²) < 4.78 is 13.2. The highest BCUT2D eigenvalue weighted by molar-refractivity contribution is 7.32. The number of hydrogen-bond acceptors (Lipinski definition) is 3. The average molecular weight is 181 g/mol. The quantitative estimate of drug-likeness (QED) is 0.589. The van der Waals surface area contributed by atoms with Gasteiger partial charge in [-0.1, -0.05) is 12.8 Å². The van der Waals surface area contributed by atoms with E-state index in [-0.39, 0.29) is 0 Å². The largest absolute Gasteiger partial charge is 0.328 e. The van der Waals surface area contributed by atoms with E-state index in [2.05, 4.69) is 4.52 Å². The number of rotatable bonds is 1. The summed E-state index contributed by atoms with van der Waals surface area (Å²) >= 11 is 0. The average Bonchev–Trinajstić information content (AvgIpc) is 2.41. The molecule has 0 aliphatic heterocycles. The van der Waals surface area contributed by atoms with E-state index < -0.39 is 8.25 Å². The standard InChI is InChI=1S/C5H11N.CH5O3P/c6-5-3-1-2-4-5;1-4-5(2)3/h5H,1-4,6H2;5H,1H3,(H,2,3). The molecule has 1 aliphatic carbocycles. The molecule has 0 radical (unpaired) electrons. The molecule has 0 aromatic rings. The molecule has 4 nitrogen and oxygen atoms in total. The Hall–Kier alpha value is 0.110. The van der Waals surface area contributed by atoms with Gasteiger partial charge < -0.3 is 15.2 Å². The summed E-state index contributed by atoms with van der Waals surface area (Å²) in [7, 11) is -1.44. The van der Waals surface area contributed by atoms with Gasteiger partial charge in [0.1, 0.15) is 0 Å². The van der Waals surface area contributed by atoms with Gasteiger partial charge in [0.2, 0.25) is 0 Å². The van der Waals surface area contributed by atoms with Crippen molar-refractivity contribution in [2.45, 2.75) is 31.7 Å². The summed E-state index contributed by atoms with van der Waals surface area (Å²) in [4.78, 5) is 7.69. The van der Waals surface area contributed by atoms with Crippen LogP contribution in [0.25, 0.3) is 0 Å². The Kier molecular flexibility index (Phi) is 6.87. The lowest BCUT2D eigenvalue weighted by molar-refractivity contribution is 0.343. The molecule has 5 heteroatoms. The summed E-state index contributed by atoms with van der Waals surface area (Å²) in [6.07, 6.45) is 5.25. The van der Waals surface area contributed by atoms with Gasteiger partial charge in [-0.3, -0.25) is 4.57 Å². The van der Waals surface area contributed by atoms with E-state index in [1.54, 1.807) is 0 Å². The minimum atomic E-state index is -2.62. The van der Waals surface area contributed by atoms with E-state index >= 15 is 0 Å². The van der Waals surface area contributed by atoms with Crippen LogP contribution in [0.1, 0.15) is 25.7 Å². The third kappa shape index (κ3) is 8.01. The lowest BCUT2D eigenvalue weighted by Crippen LogP contribution is -2.13. The highest BCUT2D eigenvalue weighted by atomic mass is 31.1. The van der Waals surface area contributed by atoms with Crippen molar-refractivity contribution in [1.82, 2.24) is 0 Å². The highest BCUT2D eigenvalue weighted by Crippen LogP contribution is 2.14. The van der Waals surface area contributed by atoms with Gasteiger partial charge in [0, 0.05) is 13.2 Å². The molecule has 1 atom stereocenters. The normalized spacial score (nSPS) is 20.6. The predicted octanol–water partition coefficient (Wildman–Crippen LogP) is 0.903. The molecule has 0 aromatic heterocycles. The van der Waals surface area contributed by atoms with Gasteiger partial charge in [-0.15, -0.1) is 0 Å². The Labute approximate surface area is 67.7 Å². The fourth-order valence-electron chi connectivity index (χ4n) is 0.957. The van der Waals surface area contributed by atoms with Crippen molar-refractivity contribution in [2.75, 3.05) is 7.11 Å². The minimum Gasteiger partial charge on any atom is -0.328 e.